The Morgan fingerprint density at radius 3 is 2.28 bits per heavy atom. The van der Waals surface area contributed by atoms with Crippen LogP contribution in [0.15, 0.2) is 30.3 Å². The van der Waals surface area contributed by atoms with Gasteiger partial charge < -0.3 is 14.3 Å². The first-order chi connectivity index (χ1) is 13.6. The fourth-order valence-electron chi connectivity index (χ4n) is 4.15. The molecule has 3 atom stereocenters. The van der Waals surface area contributed by atoms with Crippen molar-refractivity contribution < 1.29 is 23.9 Å². The van der Waals surface area contributed by atoms with Crippen LogP contribution in [0.3, 0.4) is 0 Å². The number of nitrogens with zero attached hydrogens (tertiary/aromatic N) is 1. The molecule has 162 valence electrons. The zero-order chi connectivity index (χ0) is 21.8. The first-order valence-electron chi connectivity index (χ1n) is 10.6. The lowest BCUT2D eigenvalue weighted by atomic mass is 9.99. The number of carbonyl (C=O) groups excluding carboxylic acids is 2. The molecule has 1 heterocycles. The summed E-state index contributed by atoms with van der Waals surface area (Å²) in [6, 6.07) is 11.8. The number of hydrogen-bond donors (Lipinski definition) is 1. The van der Waals surface area contributed by atoms with Crippen molar-refractivity contribution in [3.8, 4) is 0 Å². The zero-order valence-electron chi connectivity index (χ0n) is 18.5. The monoisotopic (exact) mass is 421 g/mol. The SMILES string of the molecule is CC[Si](CC)(CC)OC(C)(C)C[C@@H](O)C(=O)N1C(=O)O[C@@H](c2ccccc2)[C@H]1C. The van der Waals surface area contributed by atoms with E-state index < -0.39 is 44.2 Å². The van der Waals surface area contributed by atoms with Crippen LogP contribution < -0.4 is 0 Å². The van der Waals surface area contributed by atoms with Gasteiger partial charge in [-0.3, -0.25) is 4.79 Å². The summed E-state index contributed by atoms with van der Waals surface area (Å²) in [6.45, 7) is 12.0. The molecule has 29 heavy (non-hydrogen) atoms. The fraction of sp³-hybridized carbons (Fsp3) is 0.636. The van der Waals surface area contributed by atoms with Gasteiger partial charge in [0.2, 0.25) is 0 Å². The second kappa shape index (κ2) is 9.41. The van der Waals surface area contributed by atoms with Gasteiger partial charge in [0.15, 0.2) is 8.32 Å². The molecule has 0 spiro atoms. The Kier molecular flexibility index (Phi) is 7.65. The molecule has 1 fully saturated rings. The molecule has 1 aromatic carbocycles. The first-order valence-corrected chi connectivity index (χ1v) is 13.1. The Morgan fingerprint density at radius 2 is 1.76 bits per heavy atom. The quantitative estimate of drug-likeness (QED) is 0.588. The molecule has 6 nitrogen and oxygen atoms in total. The molecular formula is C22H35NO5Si. The molecule has 1 aromatic rings. The summed E-state index contributed by atoms with van der Waals surface area (Å²) in [5, 5.41) is 10.7. The Labute approximate surface area is 175 Å². The van der Waals surface area contributed by atoms with E-state index in [2.05, 4.69) is 20.8 Å². The molecule has 0 aromatic heterocycles. The van der Waals surface area contributed by atoms with Gasteiger partial charge in [0.1, 0.15) is 12.2 Å². The lowest BCUT2D eigenvalue weighted by Gasteiger charge is -2.39. The number of carbonyl (C=O) groups is 2. The Bertz CT molecular complexity index is 696. The predicted octanol–water partition coefficient (Wildman–Crippen LogP) is 4.65. The number of benzene rings is 1. The molecule has 1 saturated heterocycles. The van der Waals surface area contributed by atoms with Crippen molar-refractivity contribution in [2.75, 3.05) is 0 Å². The number of aliphatic hydroxyl groups is 1. The minimum Gasteiger partial charge on any atom is -0.439 e. The van der Waals surface area contributed by atoms with Crippen molar-refractivity contribution in [3.63, 3.8) is 0 Å². The standard InChI is InChI=1S/C22H35NO5Si/c1-7-29(8-2,9-3)28-22(5,6)15-18(24)20(25)23-16(4)19(27-21(23)26)17-13-11-10-12-14-17/h10-14,16,18-19,24H,7-9,15H2,1-6H3/t16-,18-,19-/m1/s1. The van der Waals surface area contributed by atoms with Crippen LogP contribution in [-0.4, -0.2) is 48.1 Å². The topological polar surface area (TPSA) is 76.1 Å². The Morgan fingerprint density at radius 1 is 1.21 bits per heavy atom. The van der Waals surface area contributed by atoms with Crippen molar-refractivity contribution in [2.45, 2.75) is 89.9 Å². The molecule has 7 heteroatoms. The molecule has 0 aliphatic carbocycles. The van der Waals surface area contributed by atoms with Gasteiger partial charge >= 0.3 is 6.09 Å². The highest BCUT2D eigenvalue weighted by molar-refractivity contribution is 6.73. The lowest BCUT2D eigenvalue weighted by molar-refractivity contribution is -0.140. The van der Waals surface area contributed by atoms with Gasteiger partial charge in [-0.2, -0.15) is 0 Å². The maximum Gasteiger partial charge on any atom is 0.417 e. The first kappa shape index (κ1) is 23.6. The largest absolute Gasteiger partial charge is 0.439 e. The van der Waals surface area contributed by atoms with Crippen LogP contribution in [0.25, 0.3) is 0 Å². The van der Waals surface area contributed by atoms with Crippen LogP contribution >= 0.6 is 0 Å². The number of hydrogen-bond acceptors (Lipinski definition) is 5. The van der Waals surface area contributed by atoms with Crippen molar-refractivity contribution >= 4 is 20.3 Å². The van der Waals surface area contributed by atoms with Gasteiger partial charge in [-0.15, -0.1) is 0 Å². The van der Waals surface area contributed by atoms with E-state index in [0.29, 0.717) is 0 Å². The maximum absolute atomic E-state index is 12.9. The predicted molar refractivity (Wildman–Crippen MR) is 115 cm³/mol. The number of ether oxygens (including phenoxy) is 1. The number of cyclic esters (lactones) is 1. The normalized spacial score (nSPS) is 21.2. The summed E-state index contributed by atoms with van der Waals surface area (Å²) >= 11 is 0. The molecule has 0 radical (unpaired) electrons. The van der Waals surface area contributed by atoms with Gasteiger partial charge in [-0.1, -0.05) is 51.1 Å². The minimum absolute atomic E-state index is 0.132. The van der Waals surface area contributed by atoms with Crippen molar-refractivity contribution in [1.82, 2.24) is 4.90 Å². The van der Waals surface area contributed by atoms with Crippen molar-refractivity contribution in [2.24, 2.45) is 0 Å². The third-order valence-corrected chi connectivity index (χ3v) is 10.9. The number of rotatable bonds is 9. The number of amides is 2. The van der Waals surface area contributed by atoms with E-state index in [1.54, 1.807) is 6.92 Å². The molecule has 0 bridgehead atoms. The molecule has 2 rings (SSSR count). The summed E-state index contributed by atoms with van der Waals surface area (Å²) < 4.78 is 11.9. The van der Waals surface area contributed by atoms with Crippen LogP contribution in [0.2, 0.25) is 18.1 Å². The Hall–Kier alpha value is -1.70. The minimum atomic E-state index is -1.90. The molecule has 1 aliphatic rings. The second-order valence-corrected chi connectivity index (χ2v) is 13.2. The van der Waals surface area contributed by atoms with Gasteiger partial charge in [-0.05, 0) is 44.5 Å². The van der Waals surface area contributed by atoms with Crippen LogP contribution in [0, 0.1) is 0 Å². The maximum atomic E-state index is 12.9. The van der Waals surface area contributed by atoms with E-state index in [1.165, 1.54) is 0 Å². The second-order valence-electron chi connectivity index (χ2n) is 8.49. The summed E-state index contributed by atoms with van der Waals surface area (Å²) in [6.07, 6.45) is -2.45. The van der Waals surface area contributed by atoms with Crippen LogP contribution in [-0.2, 0) is 14.0 Å². The average Bonchev–Trinajstić information content (AvgIpc) is 3.00. The summed E-state index contributed by atoms with van der Waals surface area (Å²) in [4.78, 5) is 26.4. The average molecular weight is 422 g/mol. The smallest absolute Gasteiger partial charge is 0.417 e. The van der Waals surface area contributed by atoms with Gasteiger partial charge in [0.25, 0.3) is 5.91 Å². The van der Waals surface area contributed by atoms with Gasteiger partial charge in [-0.25, -0.2) is 9.69 Å². The van der Waals surface area contributed by atoms with E-state index in [-0.39, 0.29) is 6.42 Å². The molecule has 0 saturated carbocycles. The molecule has 1 aliphatic heterocycles. The van der Waals surface area contributed by atoms with Crippen molar-refractivity contribution in [1.29, 1.82) is 0 Å². The van der Waals surface area contributed by atoms with Crippen molar-refractivity contribution in [3.05, 3.63) is 35.9 Å². The zero-order valence-corrected chi connectivity index (χ0v) is 19.5. The third-order valence-electron chi connectivity index (χ3n) is 6.03. The highest BCUT2D eigenvalue weighted by Crippen LogP contribution is 2.34. The summed E-state index contributed by atoms with van der Waals surface area (Å²) in [5.41, 5.74) is 0.168. The molecule has 0 unspecified atom stereocenters. The van der Waals surface area contributed by atoms with Gasteiger partial charge in [0, 0.05) is 6.42 Å². The van der Waals surface area contributed by atoms with Gasteiger partial charge in [0.05, 0.1) is 11.6 Å². The fourth-order valence-corrected chi connectivity index (χ4v) is 7.34. The van der Waals surface area contributed by atoms with E-state index in [1.807, 2.05) is 44.2 Å². The van der Waals surface area contributed by atoms with E-state index in [0.717, 1.165) is 28.6 Å². The van der Waals surface area contributed by atoms with E-state index in [4.69, 9.17) is 9.16 Å². The summed E-state index contributed by atoms with van der Waals surface area (Å²) in [5.74, 6) is -0.630. The van der Waals surface area contributed by atoms with Crippen LogP contribution in [0.5, 0.6) is 0 Å². The highest BCUT2D eigenvalue weighted by Gasteiger charge is 2.46. The lowest BCUT2D eigenvalue weighted by Crippen LogP contribution is -2.49. The number of imide groups is 1. The van der Waals surface area contributed by atoms with Crippen LogP contribution in [0.1, 0.15) is 59.6 Å². The summed E-state index contributed by atoms with van der Waals surface area (Å²) in [7, 11) is -1.90. The number of aliphatic hydroxyl groups excluding tert-OH is 1. The van der Waals surface area contributed by atoms with Crippen LogP contribution in [0.4, 0.5) is 4.79 Å². The highest BCUT2D eigenvalue weighted by atomic mass is 28.4. The third kappa shape index (κ3) is 5.27. The molecule has 1 N–H and O–H groups in total. The Balaban J connectivity index is 2.10. The molecule has 2 amide bonds. The van der Waals surface area contributed by atoms with E-state index >= 15 is 0 Å². The van der Waals surface area contributed by atoms with E-state index in [9.17, 15) is 14.7 Å². The molecular weight excluding hydrogens is 386 g/mol.